The first kappa shape index (κ1) is 15.4. The zero-order valence-corrected chi connectivity index (χ0v) is 12.7. The number of benzene rings is 1. The van der Waals surface area contributed by atoms with Crippen molar-refractivity contribution in [3.05, 3.63) is 52.2 Å². The van der Waals surface area contributed by atoms with Gasteiger partial charge in [0.15, 0.2) is 0 Å². The molecule has 0 aliphatic heterocycles. The highest BCUT2D eigenvalue weighted by Gasteiger charge is 2.05. The lowest BCUT2D eigenvalue weighted by Gasteiger charge is -2.08. The summed E-state index contributed by atoms with van der Waals surface area (Å²) in [7, 11) is 0. The van der Waals surface area contributed by atoms with Gasteiger partial charge in [0, 0.05) is 5.56 Å². The largest absolute Gasteiger partial charge is 0.492 e. The van der Waals surface area contributed by atoms with Crippen LogP contribution in [-0.4, -0.2) is 29.3 Å². The van der Waals surface area contributed by atoms with E-state index in [9.17, 15) is 4.79 Å². The second-order valence-electron chi connectivity index (χ2n) is 4.05. The van der Waals surface area contributed by atoms with E-state index >= 15 is 0 Å². The Kier molecular flexibility index (Phi) is 5.68. The fourth-order valence-corrected chi connectivity index (χ4v) is 2.37. The molecule has 110 valence electrons. The van der Waals surface area contributed by atoms with Crippen molar-refractivity contribution in [3.8, 4) is 5.75 Å². The molecular weight excluding hydrogens is 308 g/mol. The van der Waals surface area contributed by atoms with Crippen LogP contribution >= 0.6 is 23.6 Å². The van der Waals surface area contributed by atoms with Crippen LogP contribution in [0.4, 0.5) is 0 Å². The van der Waals surface area contributed by atoms with Gasteiger partial charge in [-0.1, -0.05) is 18.3 Å². The van der Waals surface area contributed by atoms with Crippen molar-refractivity contribution in [1.29, 1.82) is 0 Å². The molecule has 2 aromatic rings. The van der Waals surface area contributed by atoms with Gasteiger partial charge in [-0.3, -0.25) is 15.5 Å². The van der Waals surface area contributed by atoms with Crippen LogP contribution in [-0.2, 0) is 0 Å². The van der Waals surface area contributed by atoms with Crippen LogP contribution in [0.15, 0.2) is 41.8 Å². The van der Waals surface area contributed by atoms with Gasteiger partial charge < -0.3 is 10.1 Å². The fourth-order valence-electron chi connectivity index (χ4n) is 1.60. The molecule has 0 bridgehead atoms. The zero-order valence-electron chi connectivity index (χ0n) is 11.0. The Morgan fingerprint density at radius 2 is 2.05 bits per heavy atom. The van der Waals surface area contributed by atoms with E-state index in [1.54, 1.807) is 30.3 Å². The maximum absolute atomic E-state index is 11.7. The molecule has 1 heterocycles. The number of thiophene rings is 1. The Bertz CT molecular complexity index is 597. The Morgan fingerprint density at radius 3 is 2.67 bits per heavy atom. The summed E-state index contributed by atoms with van der Waals surface area (Å²) >= 11 is 6.29. The summed E-state index contributed by atoms with van der Waals surface area (Å²) in [6.45, 7) is 0.800. The van der Waals surface area contributed by atoms with Gasteiger partial charge in [0.05, 0.1) is 11.4 Å². The summed E-state index contributed by atoms with van der Waals surface area (Å²) in [6, 6.07) is 10.6. The molecule has 0 atom stereocenters. The van der Waals surface area contributed by atoms with Crippen molar-refractivity contribution in [2.24, 2.45) is 0 Å². The van der Waals surface area contributed by atoms with Gasteiger partial charge >= 0.3 is 0 Å². The molecule has 3 N–H and O–H groups in total. The van der Waals surface area contributed by atoms with Gasteiger partial charge in [0.1, 0.15) is 17.3 Å². The van der Waals surface area contributed by atoms with Gasteiger partial charge in [0.25, 0.3) is 5.91 Å². The minimum absolute atomic E-state index is 0.0942. The summed E-state index contributed by atoms with van der Waals surface area (Å²) in [6.07, 6.45) is 0. The van der Waals surface area contributed by atoms with Gasteiger partial charge in [-0.25, -0.2) is 0 Å². The molecule has 1 amide bonds. The van der Waals surface area contributed by atoms with Crippen molar-refractivity contribution in [3.63, 3.8) is 0 Å². The topological polar surface area (TPSA) is 70.6 Å². The van der Waals surface area contributed by atoms with Gasteiger partial charge in [-0.05, 0) is 35.7 Å². The molecule has 2 rings (SSSR count). The number of hydrogen-bond donors (Lipinski definition) is 3. The molecule has 5 nitrogen and oxygen atoms in total. The van der Waals surface area contributed by atoms with Crippen molar-refractivity contribution >= 4 is 34.5 Å². The Labute approximate surface area is 131 Å². The smallest absolute Gasteiger partial charge is 0.261 e. The van der Waals surface area contributed by atoms with Crippen LogP contribution in [0, 0.1) is 0 Å². The highest BCUT2D eigenvalue weighted by Crippen LogP contribution is 2.12. The molecule has 0 spiro atoms. The number of thiocarbonyl (C=S) groups is 1. The molecular formula is C14H14N2O3S2. The van der Waals surface area contributed by atoms with E-state index in [0.29, 0.717) is 29.3 Å². The van der Waals surface area contributed by atoms with E-state index in [1.165, 1.54) is 11.3 Å². The molecule has 21 heavy (non-hydrogen) atoms. The van der Waals surface area contributed by atoms with Crippen molar-refractivity contribution in [2.45, 2.75) is 0 Å². The molecule has 0 aliphatic rings. The minimum Gasteiger partial charge on any atom is -0.492 e. The summed E-state index contributed by atoms with van der Waals surface area (Å²) < 4.78 is 5.50. The van der Waals surface area contributed by atoms with E-state index in [-0.39, 0.29) is 10.9 Å². The number of ether oxygens (including phenoxy) is 1. The van der Waals surface area contributed by atoms with Crippen molar-refractivity contribution < 1.29 is 14.7 Å². The third-order valence-electron chi connectivity index (χ3n) is 2.62. The molecule has 7 heteroatoms. The van der Waals surface area contributed by atoms with Crippen molar-refractivity contribution in [2.75, 3.05) is 13.2 Å². The first-order valence-electron chi connectivity index (χ1n) is 6.19. The van der Waals surface area contributed by atoms with Crippen LogP contribution in [0.2, 0.25) is 0 Å². The van der Waals surface area contributed by atoms with Crippen LogP contribution in [0.1, 0.15) is 15.2 Å². The predicted molar refractivity (Wildman–Crippen MR) is 85.2 cm³/mol. The van der Waals surface area contributed by atoms with E-state index in [1.807, 2.05) is 16.9 Å². The highest BCUT2D eigenvalue weighted by atomic mass is 32.1. The number of hydroxylamine groups is 1. The third kappa shape index (κ3) is 4.52. The van der Waals surface area contributed by atoms with E-state index in [2.05, 4.69) is 5.32 Å². The minimum atomic E-state index is -0.0942. The SMILES string of the molecule is O=C(NCCOc1ccc(C(=S)NO)cc1)c1cccs1. The lowest BCUT2D eigenvalue weighted by atomic mass is 10.2. The standard InChI is InChI=1S/C14H14N2O3S2/c17-13(12-2-1-9-21-12)15-7-8-19-11-5-3-10(4-6-11)14(20)16-18/h1-6,9,18H,7-8H2,(H,15,17)(H,16,20). The first-order chi connectivity index (χ1) is 10.2. The Hall–Kier alpha value is -1.96. The number of rotatable bonds is 6. The maximum Gasteiger partial charge on any atom is 0.261 e. The summed E-state index contributed by atoms with van der Waals surface area (Å²) in [5, 5.41) is 13.3. The third-order valence-corrected chi connectivity index (χ3v) is 3.81. The molecule has 0 unspecified atom stereocenters. The Morgan fingerprint density at radius 1 is 1.29 bits per heavy atom. The average molecular weight is 322 g/mol. The van der Waals surface area contributed by atoms with Crippen LogP contribution in [0.3, 0.4) is 0 Å². The maximum atomic E-state index is 11.7. The lowest BCUT2D eigenvalue weighted by Crippen LogP contribution is -2.27. The van der Waals surface area contributed by atoms with Crippen LogP contribution in [0.25, 0.3) is 0 Å². The highest BCUT2D eigenvalue weighted by molar-refractivity contribution is 7.80. The van der Waals surface area contributed by atoms with E-state index < -0.39 is 0 Å². The number of amides is 1. The normalized spacial score (nSPS) is 9.95. The second kappa shape index (κ2) is 7.72. The quantitative estimate of drug-likeness (QED) is 0.432. The lowest BCUT2D eigenvalue weighted by molar-refractivity contribution is 0.0951. The van der Waals surface area contributed by atoms with Gasteiger partial charge in [0.2, 0.25) is 0 Å². The van der Waals surface area contributed by atoms with Crippen molar-refractivity contribution in [1.82, 2.24) is 10.8 Å². The molecule has 0 saturated heterocycles. The van der Waals surface area contributed by atoms with E-state index in [4.69, 9.17) is 22.2 Å². The molecule has 0 fully saturated rings. The molecule has 0 saturated carbocycles. The Balaban J connectivity index is 1.73. The zero-order chi connectivity index (χ0) is 15.1. The number of hydrogen-bond acceptors (Lipinski definition) is 5. The molecule has 0 aliphatic carbocycles. The van der Waals surface area contributed by atoms with Gasteiger partial charge in [-0.15, -0.1) is 11.3 Å². The average Bonchev–Trinajstić information content (AvgIpc) is 3.05. The number of nitrogens with one attached hydrogen (secondary N) is 2. The second-order valence-corrected chi connectivity index (χ2v) is 5.40. The molecule has 1 aromatic carbocycles. The number of carbonyl (C=O) groups is 1. The first-order valence-corrected chi connectivity index (χ1v) is 7.48. The number of carbonyl (C=O) groups excluding carboxylic acids is 1. The summed E-state index contributed by atoms with van der Waals surface area (Å²) in [4.78, 5) is 12.6. The van der Waals surface area contributed by atoms with Crippen LogP contribution in [0.5, 0.6) is 5.75 Å². The summed E-state index contributed by atoms with van der Waals surface area (Å²) in [5.41, 5.74) is 2.62. The molecule has 1 aromatic heterocycles. The monoisotopic (exact) mass is 322 g/mol. The van der Waals surface area contributed by atoms with Gasteiger partial charge in [-0.2, -0.15) is 0 Å². The fraction of sp³-hybridized carbons (Fsp3) is 0.143. The molecule has 0 radical (unpaired) electrons. The van der Waals surface area contributed by atoms with E-state index in [0.717, 1.165) is 0 Å². The predicted octanol–water partition coefficient (Wildman–Crippen LogP) is 2.21. The summed E-state index contributed by atoms with van der Waals surface area (Å²) in [5.74, 6) is 0.577. The van der Waals surface area contributed by atoms with Crippen LogP contribution < -0.4 is 15.5 Å².